The van der Waals surface area contributed by atoms with Crippen LogP contribution in [-0.2, 0) is 6.42 Å². The zero-order chi connectivity index (χ0) is 16.5. The number of nitrogens with zero attached hydrogens (tertiary/aromatic N) is 1. The molecule has 3 N–H and O–H groups in total. The van der Waals surface area contributed by atoms with E-state index in [1.54, 1.807) is 18.9 Å². The maximum absolute atomic E-state index is 10.4. The molecule has 136 valence electrons. The van der Waals surface area contributed by atoms with Crippen LogP contribution < -0.4 is 15.4 Å². The van der Waals surface area contributed by atoms with Crippen molar-refractivity contribution in [1.29, 1.82) is 0 Å². The second-order valence-electron chi connectivity index (χ2n) is 5.71. The largest absolute Gasteiger partial charge is 0.496 e. The molecule has 0 bridgehead atoms. The first-order valence-electron chi connectivity index (χ1n) is 8.11. The molecular weight excluding hydrogens is 437 g/mol. The number of para-hydroxylation sites is 1. The molecule has 2 rings (SSSR count). The number of benzene rings is 1. The van der Waals surface area contributed by atoms with Gasteiger partial charge >= 0.3 is 0 Å². The molecule has 0 saturated carbocycles. The predicted octanol–water partition coefficient (Wildman–Crippen LogP) is 2.28. The number of hydrogen-bond donors (Lipinski definition) is 3. The van der Waals surface area contributed by atoms with Crippen LogP contribution >= 0.6 is 35.7 Å². The average molecular weight is 465 g/mol. The highest BCUT2D eigenvalue weighted by Crippen LogP contribution is 2.27. The highest BCUT2D eigenvalue weighted by Gasteiger charge is 2.31. The Morgan fingerprint density at radius 3 is 2.83 bits per heavy atom. The van der Waals surface area contributed by atoms with E-state index in [0.717, 1.165) is 49.1 Å². The molecule has 1 unspecified atom stereocenters. The molecule has 1 aliphatic rings. The Kier molecular flexibility index (Phi) is 9.84. The van der Waals surface area contributed by atoms with Crippen molar-refractivity contribution in [3.05, 3.63) is 29.8 Å². The lowest BCUT2D eigenvalue weighted by molar-refractivity contribution is 0.0778. The molecule has 1 aromatic rings. The number of nitrogens with one attached hydrogen (secondary N) is 2. The molecule has 0 amide bonds. The Morgan fingerprint density at radius 2 is 2.17 bits per heavy atom. The molecule has 0 aliphatic carbocycles. The lowest BCUT2D eigenvalue weighted by atomic mass is 10.1. The van der Waals surface area contributed by atoms with Gasteiger partial charge in [-0.25, -0.2) is 0 Å². The van der Waals surface area contributed by atoms with Crippen LogP contribution in [0, 0.1) is 0 Å². The van der Waals surface area contributed by atoms with Crippen molar-refractivity contribution in [2.24, 2.45) is 4.99 Å². The Morgan fingerprint density at radius 1 is 1.38 bits per heavy atom. The third kappa shape index (κ3) is 6.68. The standard InChI is InChI=1S/C17H27N3O2S.HI/c1-3-18-16(20-12-17(21)9-11-23-13-17)19-10-8-14-6-4-5-7-15(14)22-2;/h4-7,21H,3,8-13H2,1-2H3,(H2,18,19,20);1H. The summed E-state index contributed by atoms with van der Waals surface area (Å²) >= 11 is 1.79. The number of aliphatic hydroxyl groups is 1. The van der Waals surface area contributed by atoms with E-state index in [2.05, 4.69) is 21.7 Å². The third-order valence-electron chi connectivity index (χ3n) is 3.84. The van der Waals surface area contributed by atoms with E-state index in [0.29, 0.717) is 6.54 Å². The van der Waals surface area contributed by atoms with E-state index >= 15 is 0 Å². The fraction of sp³-hybridized carbons (Fsp3) is 0.588. The molecule has 1 aliphatic heterocycles. The van der Waals surface area contributed by atoms with E-state index in [9.17, 15) is 5.11 Å². The molecule has 1 saturated heterocycles. The summed E-state index contributed by atoms with van der Waals surface area (Å²) in [5, 5.41) is 16.9. The van der Waals surface area contributed by atoms with Crippen LogP contribution in [0.15, 0.2) is 29.3 Å². The Bertz CT molecular complexity index is 522. The number of hydrogen-bond acceptors (Lipinski definition) is 4. The molecule has 7 heteroatoms. The number of aliphatic imine (C=N–C) groups is 1. The SMILES string of the molecule is CCNC(=NCC1(O)CCSC1)NCCc1ccccc1OC.I. The van der Waals surface area contributed by atoms with Crippen LogP contribution in [-0.4, -0.2) is 54.9 Å². The van der Waals surface area contributed by atoms with Gasteiger partial charge in [-0.3, -0.25) is 4.99 Å². The number of thioether (sulfide) groups is 1. The second-order valence-corrected chi connectivity index (χ2v) is 6.82. The lowest BCUT2D eigenvalue weighted by Crippen LogP contribution is -2.40. The van der Waals surface area contributed by atoms with Crippen molar-refractivity contribution in [3.63, 3.8) is 0 Å². The van der Waals surface area contributed by atoms with Gasteiger partial charge in [0, 0.05) is 18.8 Å². The van der Waals surface area contributed by atoms with Gasteiger partial charge in [0.1, 0.15) is 5.75 Å². The topological polar surface area (TPSA) is 65.9 Å². The number of methoxy groups -OCH3 is 1. The number of rotatable bonds is 7. The lowest BCUT2D eigenvalue weighted by Gasteiger charge is -2.20. The zero-order valence-electron chi connectivity index (χ0n) is 14.4. The summed E-state index contributed by atoms with van der Waals surface area (Å²) in [4.78, 5) is 4.54. The van der Waals surface area contributed by atoms with Crippen LogP contribution in [0.3, 0.4) is 0 Å². The van der Waals surface area contributed by atoms with Gasteiger partial charge in [0.25, 0.3) is 0 Å². The van der Waals surface area contributed by atoms with E-state index in [4.69, 9.17) is 4.74 Å². The molecule has 0 aromatic heterocycles. The summed E-state index contributed by atoms with van der Waals surface area (Å²) in [6.45, 7) is 4.05. The average Bonchev–Trinajstić information content (AvgIpc) is 3.00. The molecule has 24 heavy (non-hydrogen) atoms. The quantitative estimate of drug-likeness (QED) is 0.328. The van der Waals surface area contributed by atoms with Gasteiger partial charge < -0.3 is 20.5 Å². The van der Waals surface area contributed by atoms with Crippen molar-refractivity contribution in [3.8, 4) is 5.75 Å². The smallest absolute Gasteiger partial charge is 0.191 e. The van der Waals surface area contributed by atoms with E-state index in [-0.39, 0.29) is 24.0 Å². The molecular formula is C17H28IN3O2S. The number of guanidine groups is 1. The molecule has 0 radical (unpaired) electrons. The monoisotopic (exact) mass is 465 g/mol. The second kappa shape index (κ2) is 11.0. The first-order chi connectivity index (χ1) is 11.2. The number of ether oxygens (including phenoxy) is 1. The summed E-state index contributed by atoms with van der Waals surface area (Å²) in [6.07, 6.45) is 1.68. The van der Waals surface area contributed by atoms with Gasteiger partial charge in [-0.2, -0.15) is 11.8 Å². The minimum Gasteiger partial charge on any atom is -0.496 e. The first-order valence-corrected chi connectivity index (χ1v) is 9.26. The Hall–Kier alpha value is -0.670. The molecule has 1 fully saturated rings. The van der Waals surface area contributed by atoms with E-state index < -0.39 is 5.60 Å². The highest BCUT2D eigenvalue weighted by atomic mass is 127. The van der Waals surface area contributed by atoms with Crippen LogP contribution in [0.4, 0.5) is 0 Å². The minimum atomic E-state index is -0.643. The van der Waals surface area contributed by atoms with Crippen molar-refractivity contribution in [1.82, 2.24) is 10.6 Å². The van der Waals surface area contributed by atoms with Crippen molar-refractivity contribution in [2.45, 2.75) is 25.4 Å². The molecule has 1 aromatic carbocycles. The molecule has 1 atom stereocenters. The maximum Gasteiger partial charge on any atom is 0.191 e. The van der Waals surface area contributed by atoms with Crippen LogP contribution in [0.25, 0.3) is 0 Å². The normalized spacial score (nSPS) is 20.4. The van der Waals surface area contributed by atoms with Gasteiger partial charge in [0.2, 0.25) is 0 Å². The maximum atomic E-state index is 10.4. The van der Waals surface area contributed by atoms with Crippen molar-refractivity contribution < 1.29 is 9.84 Å². The summed E-state index contributed by atoms with van der Waals surface area (Å²) < 4.78 is 5.37. The Labute approximate surface area is 166 Å². The predicted molar refractivity (Wildman–Crippen MR) is 113 cm³/mol. The van der Waals surface area contributed by atoms with Gasteiger partial charge in [0.05, 0.1) is 19.3 Å². The van der Waals surface area contributed by atoms with Crippen LogP contribution in [0.1, 0.15) is 18.9 Å². The van der Waals surface area contributed by atoms with Gasteiger partial charge in [-0.15, -0.1) is 24.0 Å². The van der Waals surface area contributed by atoms with Crippen LogP contribution in [0.5, 0.6) is 5.75 Å². The minimum absolute atomic E-state index is 0. The van der Waals surface area contributed by atoms with Gasteiger partial charge in [-0.1, -0.05) is 18.2 Å². The summed E-state index contributed by atoms with van der Waals surface area (Å²) in [6, 6.07) is 8.04. The fourth-order valence-electron chi connectivity index (χ4n) is 2.51. The van der Waals surface area contributed by atoms with Crippen LogP contribution in [0.2, 0.25) is 0 Å². The molecule has 0 spiro atoms. The molecule has 1 heterocycles. The van der Waals surface area contributed by atoms with Gasteiger partial charge in [-0.05, 0) is 37.1 Å². The first kappa shape index (κ1) is 21.4. The Balaban J connectivity index is 0.00000288. The third-order valence-corrected chi connectivity index (χ3v) is 5.07. The molecule has 5 nitrogen and oxygen atoms in total. The van der Waals surface area contributed by atoms with E-state index in [1.807, 2.05) is 25.1 Å². The zero-order valence-corrected chi connectivity index (χ0v) is 17.5. The summed E-state index contributed by atoms with van der Waals surface area (Å²) in [5.74, 6) is 3.46. The van der Waals surface area contributed by atoms with E-state index in [1.165, 1.54) is 5.56 Å². The number of halogens is 1. The van der Waals surface area contributed by atoms with Gasteiger partial charge in [0.15, 0.2) is 5.96 Å². The van der Waals surface area contributed by atoms with Crippen molar-refractivity contribution in [2.75, 3.05) is 38.2 Å². The van der Waals surface area contributed by atoms with Crippen molar-refractivity contribution >= 4 is 41.7 Å². The summed E-state index contributed by atoms with van der Waals surface area (Å²) in [7, 11) is 1.69. The fourth-order valence-corrected chi connectivity index (χ4v) is 3.80. The summed E-state index contributed by atoms with van der Waals surface area (Å²) in [5.41, 5.74) is 0.527. The highest BCUT2D eigenvalue weighted by molar-refractivity contribution is 14.0.